The van der Waals surface area contributed by atoms with Crippen LogP contribution in [-0.4, -0.2) is 33.4 Å². The number of pyridine rings is 1. The van der Waals surface area contributed by atoms with Crippen molar-refractivity contribution in [3.63, 3.8) is 0 Å². The maximum Gasteiger partial charge on any atom is 0.137 e. The SMILES string of the molecule is CC1CN(Cc2cn3cc(Cl)ccc3n2)CCC1N.Cl. The molecule has 2 unspecified atom stereocenters. The molecular weight excluding hydrogens is 295 g/mol. The van der Waals surface area contributed by atoms with Crippen molar-refractivity contribution in [1.29, 1.82) is 0 Å². The fraction of sp³-hybridized carbons (Fsp3) is 0.500. The summed E-state index contributed by atoms with van der Waals surface area (Å²) in [6.07, 6.45) is 5.02. The van der Waals surface area contributed by atoms with Crippen LogP contribution in [0.25, 0.3) is 5.65 Å². The van der Waals surface area contributed by atoms with Gasteiger partial charge in [-0.15, -0.1) is 12.4 Å². The molecular formula is C14H20Cl2N4. The molecule has 0 aromatic carbocycles. The van der Waals surface area contributed by atoms with Crippen molar-refractivity contribution < 1.29 is 0 Å². The summed E-state index contributed by atoms with van der Waals surface area (Å²) in [6, 6.07) is 4.16. The van der Waals surface area contributed by atoms with Crippen LogP contribution < -0.4 is 5.73 Å². The highest BCUT2D eigenvalue weighted by Crippen LogP contribution is 2.18. The zero-order valence-electron chi connectivity index (χ0n) is 11.5. The molecule has 0 radical (unpaired) electrons. The molecule has 1 saturated heterocycles. The zero-order valence-corrected chi connectivity index (χ0v) is 13.1. The van der Waals surface area contributed by atoms with Crippen LogP contribution in [0.4, 0.5) is 0 Å². The minimum atomic E-state index is 0. The third-order valence-electron chi connectivity index (χ3n) is 3.91. The topological polar surface area (TPSA) is 46.6 Å². The maximum atomic E-state index is 6.05. The number of piperidine rings is 1. The number of nitrogens with zero attached hydrogens (tertiary/aromatic N) is 3. The van der Waals surface area contributed by atoms with Crippen LogP contribution in [0.1, 0.15) is 19.0 Å². The summed E-state index contributed by atoms with van der Waals surface area (Å²) < 4.78 is 1.98. The number of imidazole rings is 1. The molecule has 1 aliphatic rings. The van der Waals surface area contributed by atoms with Gasteiger partial charge in [-0.1, -0.05) is 18.5 Å². The molecule has 1 aliphatic heterocycles. The Hall–Kier alpha value is -0.810. The Morgan fingerprint density at radius 2 is 2.20 bits per heavy atom. The molecule has 6 heteroatoms. The van der Waals surface area contributed by atoms with Gasteiger partial charge in [-0.2, -0.15) is 0 Å². The second-order valence-corrected chi connectivity index (χ2v) is 5.95. The van der Waals surface area contributed by atoms with Crippen LogP contribution in [0.15, 0.2) is 24.5 Å². The zero-order chi connectivity index (χ0) is 13.4. The lowest BCUT2D eigenvalue weighted by Gasteiger charge is -2.34. The highest BCUT2D eigenvalue weighted by Gasteiger charge is 2.23. The molecule has 0 bridgehead atoms. The van der Waals surface area contributed by atoms with Gasteiger partial charge in [0.1, 0.15) is 5.65 Å². The highest BCUT2D eigenvalue weighted by atomic mass is 35.5. The average Bonchev–Trinajstić information content (AvgIpc) is 2.75. The van der Waals surface area contributed by atoms with E-state index in [0.717, 1.165) is 42.4 Å². The Bertz CT molecular complexity index is 584. The number of hydrogen-bond acceptors (Lipinski definition) is 3. The van der Waals surface area contributed by atoms with E-state index in [-0.39, 0.29) is 12.4 Å². The standard InChI is InChI=1S/C14H19ClN4.ClH/c1-10-6-18(5-4-13(10)16)8-12-9-19-7-11(15)2-3-14(19)17-12;/h2-3,7,9-10,13H,4-6,8,16H2,1H3;1H. The third-order valence-corrected chi connectivity index (χ3v) is 4.13. The van der Waals surface area contributed by atoms with Crippen molar-refractivity contribution in [3.8, 4) is 0 Å². The molecule has 2 aromatic rings. The van der Waals surface area contributed by atoms with E-state index in [1.54, 1.807) is 0 Å². The largest absolute Gasteiger partial charge is 0.327 e. The van der Waals surface area contributed by atoms with Gasteiger partial charge in [-0.05, 0) is 24.5 Å². The maximum absolute atomic E-state index is 6.05. The molecule has 0 aliphatic carbocycles. The quantitative estimate of drug-likeness (QED) is 0.926. The predicted octanol–water partition coefficient (Wildman–Crippen LogP) is 2.58. The summed E-state index contributed by atoms with van der Waals surface area (Å²) in [5, 5.41) is 0.731. The van der Waals surface area contributed by atoms with Crippen LogP contribution in [0.2, 0.25) is 5.02 Å². The third kappa shape index (κ3) is 3.26. The van der Waals surface area contributed by atoms with Crippen LogP contribution in [-0.2, 0) is 6.54 Å². The first-order chi connectivity index (χ1) is 9.11. The second kappa shape index (κ2) is 6.31. The van der Waals surface area contributed by atoms with Crippen LogP contribution in [0, 0.1) is 5.92 Å². The Morgan fingerprint density at radius 3 is 2.95 bits per heavy atom. The summed E-state index contributed by atoms with van der Waals surface area (Å²) in [4.78, 5) is 7.05. The molecule has 2 atom stereocenters. The number of fused-ring (bicyclic) bond motifs is 1. The Kier molecular flexibility index (Phi) is 4.91. The smallest absolute Gasteiger partial charge is 0.137 e. The van der Waals surface area contributed by atoms with Crippen molar-refractivity contribution in [2.75, 3.05) is 13.1 Å². The lowest BCUT2D eigenvalue weighted by molar-refractivity contribution is 0.156. The van der Waals surface area contributed by atoms with Gasteiger partial charge in [0.25, 0.3) is 0 Å². The van der Waals surface area contributed by atoms with Crippen LogP contribution in [0.5, 0.6) is 0 Å². The molecule has 20 heavy (non-hydrogen) atoms. The minimum Gasteiger partial charge on any atom is -0.327 e. The molecule has 3 heterocycles. The van der Waals surface area contributed by atoms with Crippen molar-refractivity contribution in [1.82, 2.24) is 14.3 Å². The van der Waals surface area contributed by atoms with Crippen LogP contribution in [0.3, 0.4) is 0 Å². The van der Waals surface area contributed by atoms with Crippen molar-refractivity contribution in [2.45, 2.75) is 25.9 Å². The first-order valence-corrected chi connectivity index (χ1v) is 7.10. The van der Waals surface area contributed by atoms with E-state index < -0.39 is 0 Å². The normalized spacial score (nSPS) is 23.8. The first kappa shape index (κ1) is 15.6. The van der Waals surface area contributed by atoms with Gasteiger partial charge in [0.05, 0.1) is 10.7 Å². The average molecular weight is 315 g/mol. The molecule has 0 amide bonds. The number of halogens is 2. The lowest BCUT2D eigenvalue weighted by Crippen LogP contribution is -2.45. The summed E-state index contributed by atoms with van der Waals surface area (Å²) in [5.41, 5.74) is 8.08. The summed E-state index contributed by atoms with van der Waals surface area (Å²) >= 11 is 5.98. The molecule has 1 fully saturated rings. The number of likely N-dealkylation sites (tertiary alicyclic amines) is 1. The second-order valence-electron chi connectivity index (χ2n) is 5.51. The van der Waals surface area contributed by atoms with Gasteiger partial charge >= 0.3 is 0 Å². The van der Waals surface area contributed by atoms with Gasteiger partial charge in [-0.3, -0.25) is 4.90 Å². The first-order valence-electron chi connectivity index (χ1n) is 6.73. The number of nitrogens with two attached hydrogens (primary N) is 1. The Morgan fingerprint density at radius 1 is 1.40 bits per heavy atom. The summed E-state index contributed by atoms with van der Waals surface area (Å²) in [7, 11) is 0. The molecule has 2 aromatic heterocycles. The monoisotopic (exact) mass is 314 g/mol. The molecule has 2 N–H and O–H groups in total. The van der Waals surface area contributed by atoms with Gasteiger partial charge in [0.15, 0.2) is 0 Å². The summed E-state index contributed by atoms with van der Waals surface area (Å²) in [5.74, 6) is 0.556. The van der Waals surface area contributed by atoms with Gasteiger partial charge in [0.2, 0.25) is 0 Å². The van der Waals surface area contributed by atoms with Crippen molar-refractivity contribution >= 4 is 29.7 Å². The van der Waals surface area contributed by atoms with Gasteiger partial charge in [-0.25, -0.2) is 4.98 Å². The molecule has 0 spiro atoms. The Balaban J connectivity index is 0.00000147. The van der Waals surface area contributed by atoms with E-state index in [1.807, 2.05) is 22.7 Å². The van der Waals surface area contributed by atoms with Crippen molar-refractivity contribution in [3.05, 3.63) is 35.2 Å². The van der Waals surface area contributed by atoms with Gasteiger partial charge < -0.3 is 10.1 Å². The van der Waals surface area contributed by atoms with Gasteiger partial charge in [0, 0.05) is 38.1 Å². The van der Waals surface area contributed by atoms with E-state index in [1.165, 1.54) is 0 Å². The predicted molar refractivity (Wildman–Crippen MR) is 84.5 cm³/mol. The highest BCUT2D eigenvalue weighted by molar-refractivity contribution is 6.30. The lowest BCUT2D eigenvalue weighted by atomic mass is 9.95. The van der Waals surface area contributed by atoms with E-state index >= 15 is 0 Å². The van der Waals surface area contributed by atoms with E-state index in [0.29, 0.717) is 12.0 Å². The number of rotatable bonds is 2. The van der Waals surface area contributed by atoms with Crippen molar-refractivity contribution in [2.24, 2.45) is 11.7 Å². The molecule has 3 rings (SSSR count). The fourth-order valence-corrected chi connectivity index (χ4v) is 2.88. The number of hydrogen-bond donors (Lipinski definition) is 1. The molecule has 110 valence electrons. The van der Waals surface area contributed by atoms with Crippen LogP contribution >= 0.6 is 24.0 Å². The fourth-order valence-electron chi connectivity index (χ4n) is 2.72. The minimum absolute atomic E-state index is 0. The molecule has 4 nitrogen and oxygen atoms in total. The summed E-state index contributed by atoms with van der Waals surface area (Å²) in [6.45, 7) is 5.21. The Labute approximate surface area is 130 Å². The van der Waals surface area contributed by atoms with E-state index in [2.05, 4.69) is 23.0 Å². The van der Waals surface area contributed by atoms with E-state index in [9.17, 15) is 0 Å². The number of aromatic nitrogens is 2. The van der Waals surface area contributed by atoms with E-state index in [4.69, 9.17) is 17.3 Å². The molecule has 0 saturated carbocycles.